The first kappa shape index (κ1) is 14.3. The molecule has 2 aromatic carbocycles. The van der Waals surface area contributed by atoms with Gasteiger partial charge in [-0.3, -0.25) is 4.68 Å². The van der Waals surface area contributed by atoms with Crippen LogP contribution in [0.5, 0.6) is 0 Å². The second-order valence-electron chi connectivity index (χ2n) is 5.26. The van der Waals surface area contributed by atoms with Crippen molar-refractivity contribution in [1.82, 2.24) is 9.78 Å². The molecule has 0 fully saturated rings. The molecule has 1 heterocycles. The molecule has 3 nitrogen and oxygen atoms in total. The average Bonchev–Trinajstić information content (AvgIpc) is 2.73. The summed E-state index contributed by atoms with van der Waals surface area (Å²) in [5.74, 6) is 0. The lowest BCUT2D eigenvalue weighted by Crippen LogP contribution is -2.07. The summed E-state index contributed by atoms with van der Waals surface area (Å²) in [6.07, 6.45) is -0.0199. The number of aryl methyl sites for hydroxylation is 2. The molecule has 0 spiro atoms. The first-order valence-electron chi connectivity index (χ1n) is 6.91. The van der Waals surface area contributed by atoms with Crippen molar-refractivity contribution in [2.24, 2.45) is 7.05 Å². The zero-order valence-corrected chi connectivity index (χ0v) is 13.6. The Morgan fingerprint density at radius 3 is 2.62 bits per heavy atom. The highest BCUT2D eigenvalue weighted by molar-refractivity contribution is 9.10. The van der Waals surface area contributed by atoms with Gasteiger partial charge < -0.3 is 5.11 Å². The molecule has 0 aliphatic rings. The molecular formula is C17H17BrN2O. The molecule has 0 bridgehead atoms. The highest BCUT2D eigenvalue weighted by Gasteiger charge is 2.17. The topological polar surface area (TPSA) is 38.0 Å². The number of hydrogen-bond donors (Lipinski definition) is 1. The monoisotopic (exact) mass is 344 g/mol. The van der Waals surface area contributed by atoms with Crippen LogP contribution in [0.25, 0.3) is 10.8 Å². The molecule has 3 rings (SSSR count). The summed E-state index contributed by atoms with van der Waals surface area (Å²) in [6, 6.07) is 14.2. The summed E-state index contributed by atoms with van der Waals surface area (Å²) in [5.41, 5.74) is 2.91. The maximum atomic E-state index is 10.7. The Morgan fingerprint density at radius 1 is 1.19 bits per heavy atom. The van der Waals surface area contributed by atoms with Crippen molar-refractivity contribution in [3.8, 4) is 0 Å². The molecule has 1 N–H and O–H groups in total. The van der Waals surface area contributed by atoms with Crippen LogP contribution in [-0.4, -0.2) is 14.9 Å². The summed E-state index contributed by atoms with van der Waals surface area (Å²) >= 11 is 3.56. The fourth-order valence-corrected chi connectivity index (χ4v) is 3.23. The van der Waals surface area contributed by atoms with E-state index in [0.29, 0.717) is 6.42 Å². The molecule has 108 valence electrons. The van der Waals surface area contributed by atoms with Gasteiger partial charge in [0.2, 0.25) is 0 Å². The summed E-state index contributed by atoms with van der Waals surface area (Å²) in [5, 5.41) is 17.3. The summed E-state index contributed by atoms with van der Waals surface area (Å²) in [7, 11) is 1.91. The van der Waals surface area contributed by atoms with Gasteiger partial charge in [-0.1, -0.05) is 42.5 Å². The van der Waals surface area contributed by atoms with Crippen LogP contribution in [-0.2, 0) is 13.5 Å². The van der Waals surface area contributed by atoms with Gasteiger partial charge in [0.1, 0.15) is 0 Å². The smallest absolute Gasteiger partial charge is 0.0851 e. The summed E-state index contributed by atoms with van der Waals surface area (Å²) in [4.78, 5) is 0. The van der Waals surface area contributed by atoms with Crippen molar-refractivity contribution < 1.29 is 5.11 Å². The van der Waals surface area contributed by atoms with Gasteiger partial charge in [-0.15, -0.1) is 0 Å². The number of aliphatic hydroxyl groups excluding tert-OH is 1. The number of halogens is 1. The van der Waals surface area contributed by atoms with Gasteiger partial charge in [-0.2, -0.15) is 5.10 Å². The van der Waals surface area contributed by atoms with E-state index in [2.05, 4.69) is 39.2 Å². The van der Waals surface area contributed by atoms with Crippen LogP contribution < -0.4 is 0 Å². The van der Waals surface area contributed by atoms with Crippen LogP contribution in [0.4, 0.5) is 0 Å². The lowest BCUT2D eigenvalue weighted by atomic mass is 9.98. The second-order valence-corrected chi connectivity index (χ2v) is 6.05. The van der Waals surface area contributed by atoms with Gasteiger partial charge in [-0.25, -0.2) is 0 Å². The van der Waals surface area contributed by atoms with Crippen LogP contribution in [0, 0.1) is 6.92 Å². The molecule has 1 unspecified atom stereocenters. The number of nitrogens with zero attached hydrogens (tertiary/aromatic N) is 2. The third-order valence-corrected chi connectivity index (χ3v) is 4.86. The zero-order chi connectivity index (χ0) is 15.0. The van der Waals surface area contributed by atoms with Gasteiger partial charge in [0.15, 0.2) is 0 Å². The Bertz CT molecular complexity index is 789. The molecule has 0 aliphatic carbocycles. The third kappa shape index (κ3) is 2.61. The molecule has 0 aliphatic heterocycles. The van der Waals surface area contributed by atoms with Crippen LogP contribution in [0.15, 0.2) is 46.9 Å². The minimum atomic E-state index is -0.554. The molecule has 1 aromatic heterocycles. The standard InChI is InChI=1S/C17H17BrN2O/c1-11-17(18)15(20(2)19-11)10-16(21)14-9-5-7-12-6-3-4-8-13(12)14/h3-9,16,21H,10H2,1-2H3. The number of aliphatic hydroxyl groups is 1. The lowest BCUT2D eigenvalue weighted by Gasteiger charge is -2.14. The SMILES string of the molecule is Cc1nn(C)c(CC(O)c2cccc3ccccc23)c1Br. The Balaban J connectivity index is 1.99. The molecule has 0 saturated heterocycles. The van der Waals surface area contributed by atoms with E-state index in [4.69, 9.17) is 0 Å². The van der Waals surface area contributed by atoms with Crippen LogP contribution in [0.1, 0.15) is 23.1 Å². The number of fused-ring (bicyclic) bond motifs is 1. The minimum absolute atomic E-state index is 0.534. The maximum Gasteiger partial charge on any atom is 0.0851 e. The van der Waals surface area contributed by atoms with E-state index in [1.807, 2.05) is 42.9 Å². The predicted molar refractivity (Wildman–Crippen MR) is 88.3 cm³/mol. The first-order chi connectivity index (χ1) is 10.1. The fourth-order valence-electron chi connectivity index (χ4n) is 2.74. The fraction of sp³-hybridized carbons (Fsp3) is 0.235. The number of benzene rings is 2. The number of aromatic nitrogens is 2. The molecular weight excluding hydrogens is 328 g/mol. The molecule has 21 heavy (non-hydrogen) atoms. The van der Waals surface area contributed by atoms with Crippen LogP contribution in [0.2, 0.25) is 0 Å². The van der Waals surface area contributed by atoms with Crippen molar-refractivity contribution in [1.29, 1.82) is 0 Å². The van der Waals surface area contributed by atoms with Crippen molar-refractivity contribution in [2.75, 3.05) is 0 Å². The van der Waals surface area contributed by atoms with E-state index in [9.17, 15) is 5.11 Å². The van der Waals surface area contributed by atoms with Crippen molar-refractivity contribution >= 4 is 26.7 Å². The molecule has 0 amide bonds. The predicted octanol–water partition coefficient (Wildman–Crippen LogP) is 3.92. The molecule has 1 atom stereocenters. The van der Waals surface area contributed by atoms with E-state index in [1.165, 1.54) is 0 Å². The third-order valence-electron chi connectivity index (χ3n) is 3.83. The van der Waals surface area contributed by atoms with E-state index in [-0.39, 0.29) is 0 Å². The average molecular weight is 345 g/mol. The lowest BCUT2D eigenvalue weighted by molar-refractivity contribution is 0.177. The van der Waals surface area contributed by atoms with Crippen LogP contribution in [0.3, 0.4) is 0 Å². The molecule has 4 heteroatoms. The quantitative estimate of drug-likeness (QED) is 0.781. The zero-order valence-electron chi connectivity index (χ0n) is 12.0. The summed E-state index contributed by atoms with van der Waals surface area (Å²) in [6.45, 7) is 1.96. The van der Waals surface area contributed by atoms with Gasteiger partial charge in [0.05, 0.1) is 22.0 Å². The second kappa shape index (κ2) is 5.62. The number of rotatable bonds is 3. The Kier molecular flexibility index (Phi) is 3.83. The van der Waals surface area contributed by atoms with Gasteiger partial charge in [0.25, 0.3) is 0 Å². The maximum absolute atomic E-state index is 10.7. The van der Waals surface area contributed by atoms with Gasteiger partial charge in [-0.05, 0) is 39.2 Å². The largest absolute Gasteiger partial charge is 0.388 e. The molecule has 0 radical (unpaired) electrons. The first-order valence-corrected chi connectivity index (χ1v) is 7.71. The number of hydrogen-bond acceptors (Lipinski definition) is 2. The van der Waals surface area contributed by atoms with E-state index in [0.717, 1.165) is 32.2 Å². The Hall–Kier alpha value is -1.65. The molecule has 0 saturated carbocycles. The van der Waals surface area contributed by atoms with Crippen molar-refractivity contribution in [2.45, 2.75) is 19.4 Å². The summed E-state index contributed by atoms with van der Waals surface area (Å²) < 4.78 is 2.80. The van der Waals surface area contributed by atoms with Crippen LogP contribution >= 0.6 is 15.9 Å². The van der Waals surface area contributed by atoms with Crippen molar-refractivity contribution in [3.05, 3.63) is 63.9 Å². The Labute approximate surface area is 132 Å². The normalized spacial score (nSPS) is 12.8. The Morgan fingerprint density at radius 2 is 1.90 bits per heavy atom. The minimum Gasteiger partial charge on any atom is -0.388 e. The van der Waals surface area contributed by atoms with Crippen molar-refractivity contribution in [3.63, 3.8) is 0 Å². The van der Waals surface area contributed by atoms with Gasteiger partial charge >= 0.3 is 0 Å². The highest BCUT2D eigenvalue weighted by Crippen LogP contribution is 2.29. The highest BCUT2D eigenvalue weighted by atomic mass is 79.9. The molecule has 3 aromatic rings. The van der Waals surface area contributed by atoms with E-state index < -0.39 is 6.10 Å². The van der Waals surface area contributed by atoms with Gasteiger partial charge in [0, 0.05) is 13.5 Å². The van der Waals surface area contributed by atoms with E-state index >= 15 is 0 Å². The van der Waals surface area contributed by atoms with E-state index in [1.54, 1.807) is 0 Å².